The van der Waals surface area contributed by atoms with Crippen LogP contribution in [0.25, 0.3) is 0 Å². The first-order chi connectivity index (χ1) is 8.58. The van der Waals surface area contributed by atoms with Gasteiger partial charge in [-0.25, -0.2) is 13.1 Å². The highest BCUT2D eigenvalue weighted by Crippen LogP contribution is 2.12. The maximum atomic E-state index is 12.1. The molecule has 2 heterocycles. The predicted octanol–water partition coefficient (Wildman–Crippen LogP) is 0.882. The van der Waals surface area contributed by atoms with Crippen molar-refractivity contribution >= 4 is 10.0 Å². The number of nitrogens with one attached hydrogen (secondary N) is 2. The average Bonchev–Trinajstić information content (AvgIpc) is 2.82. The van der Waals surface area contributed by atoms with Crippen LogP contribution in [0.5, 0.6) is 0 Å². The van der Waals surface area contributed by atoms with E-state index in [1.54, 1.807) is 6.26 Å². The zero-order valence-electron chi connectivity index (χ0n) is 10.6. The Morgan fingerprint density at radius 1 is 1.61 bits per heavy atom. The molecule has 2 rings (SSSR count). The molecule has 5 nitrogen and oxygen atoms in total. The summed E-state index contributed by atoms with van der Waals surface area (Å²) in [7, 11) is -3.24. The van der Waals surface area contributed by atoms with Crippen molar-refractivity contribution in [3.8, 4) is 0 Å². The first kappa shape index (κ1) is 13.6. The summed E-state index contributed by atoms with van der Waals surface area (Å²) in [5, 5.41) is 2.81. The fourth-order valence-electron chi connectivity index (χ4n) is 2.23. The Bertz CT molecular complexity index is 450. The van der Waals surface area contributed by atoms with E-state index in [2.05, 4.69) is 10.0 Å². The number of hydrogen-bond acceptors (Lipinski definition) is 4. The summed E-state index contributed by atoms with van der Waals surface area (Å²) in [4.78, 5) is 0. The molecule has 1 aliphatic heterocycles. The largest absolute Gasteiger partial charge is 0.469 e. The van der Waals surface area contributed by atoms with E-state index in [9.17, 15) is 8.42 Å². The highest BCUT2D eigenvalue weighted by Gasteiger charge is 2.28. The van der Waals surface area contributed by atoms with Gasteiger partial charge in [0.1, 0.15) is 5.76 Å². The zero-order chi connectivity index (χ0) is 13.0. The molecule has 2 atom stereocenters. The maximum Gasteiger partial charge on any atom is 0.215 e. The number of sulfonamides is 1. The lowest BCUT2D eigenvalue weighted by Crippen LogP contribution is -2.47. The van der Waals surface area contributed by atoms with Crippen molar-refractivity contribution < 1.29 is 12.8 Å². The van der Waals surface area contributed by atoms with Gasteiger partial charge in [0.05, 0.1) is 11.5 Å². The summed E-state index contributed by atoms with van der Waals surface area (Å²) in [6.07, 6.45) is 3.82. The Morgan fingerprint density at radius 2 is 2.44 bits per heavy atom. The monoisotopic (exact) mass is 272 g/mol. The maximum absolute atomic E-state index is 12.1. The van der Waals surface area contributed by atoms with Crippen molar-refractivity contribution in [2.75, 3.05) is 13.1 Å². The Labute approximate surface area is 108 Å². The Hall–Kier alpha value is -0.850. The van der Waals surface area contributed by atoms with Crippen LogP contribution < -0.4 is 10.0 Å². The topological polar surface area (TPSA) is 71.3 Å². The van der Waals surface area contributed by atoms with Gasteiger partial charge in [-0.15, -0.1) is 0 Å². The van der Waals surface area contributed by atoms with E-state index in [0.717, 1.165) is 25.1 Å². The van der Waals surface area contributed by atoms with Crippen molar-refractivity contribution in [3.05, 3.63) is 24.2 Å². The lowest BCUT2D eigenvalue weighted by molar-refractivity contribution is 0.464. The van der Waals surface area contributed by atoms with Crippen LogP contribution in [0.4, 0.5) is 0 Å². The highest BCUT2D eigenvalue weighted by atomic mass is 32.2. The first-order valence-electron chi connectivity index (χ1n) is 6.32. The van der Waals surface area contributed by atoms with Crippen LogP contribution >= 0.6 is 0 Å². The van der Waals surface area contributed by atoms with Crippen LogP contribution in [-0.2, 0) is 16.4 Å². The Balaban J connectivity index is 1.90. The smallest absolute Gasteiger partial charge is 0.215 e. The zero-order valence-corrected chi connectivity index (χ0v) is 11.4. The van der Waals surface area contributed by atoms with Crippen molar-refractivity contribution in [1.82, 2.24) is 10.0 Å². The summed E-state index contributed by atoms with van der Waals surface area (Å²) in [6.45, 7) is 3.31. The Morgan fingerprint density at radius 3 is 3.06 bits per heavy atom. The van der Waals surface area contributed by atoms with E-state index < -0.39 is 10.0 Å². The lowest BCUT2D eigenvalue weighted by atomic mass is 10.2. The number of rotatable bonds is 5. The molecular formula is C12H20N2O3S. The van der Waals surface area contributed by atoms with Gasteiger partial charge in [0.25, 0.3) is 0 Å². The van der Waals surface area contributed by atoms with Gasteiger partial charge in [-0.1, -0.05) is 0 Å². The van der Waals surface area contributed by atoms with Crippen molar-refractivity contribution in [3.63, 3.8) is 0 Å². The third kappa shape index (κ3) is 3.57. The molecule has 18 heavy (non-hydrogen) atoms. The minimum absolute atomic E-state index is 0.150. The number of furan rings is 1. The van der Waals surface area contributed by atoms with Crippen LogP contribution in [0.3, 0.4) is 0 Å². The molecule has 1 aromatic rings. The van der Waals surface area contributed by atoms with Gasteiger partial charge in [0, 0.05) is 19.0 Å². The molecule has 0 radical (unpaired) electrons. The molecule has 1 saturated heterocycles. The van der Waals surface area contributed by atoms with E-state index in [1.807, 2.05) is 19.1 Å². The van der Waals surface area contributed by atoms with Gasteiger partial charge in [0.15, 0.2) is 0 Å². The second-order valence-corrected chi connectivity index (χ2v) is 6.81. The van der Waals surface area contributed by atoms with Gasteiger partial charge in [-0.3, -0.25) is 0 Å². The molecule has 0 spiro atoms. The third-order valence-corrected chi connectivity index (χ3v) is 5.15. The molecule has 102 valence electrons. The molecular weight excluding hydrogens is 252 g/mol. The summed E-state index contributed by atoms with van der Waals surface area (Å²) in [6, 6.07) is 3.51. The van der Waals surface area contributed by atoms with Crippen LogP contribution in [0.15, 0.2) is 22.8 Å². The molecule has 1 aliphatic rings. The third-order valence-electron chi connectivity index (χ3n) is 3.14. The predicted molar refractivity (Wildman–Crippen MR) is 69.8 cm³/mol. The second kappa shape index (κ2) is 5.86. The Kier molecular flexibility index (Phi) is 4.42. The average molecular weight is 272 g/mol. The van der Waals surface area contributed by atoms with E-state index in [-0.39, 0.29) is 11.3 Å². The number of piperidine rings is 1. The fraction of sp³-hybridized carbons (Fsp3) is 0.667. The lowest BCUT2D eigenvalue weighted by Gasteiger charge is -2.24. The van der Waals surface area contributed by atoms with Crippen LogP contribution in [0.2, 0.25) is 0 Å². The molecule has 0 aromatic carbocycles. The highest BCUT2D eigenvalue weighted by molar-refractivity contribution is 7.90. The van der Waals surface area contributed by atoms with E-state index in [0.29, 0.717) is 13.0 Å². The van der Waals surface area contributed by atoms with Gasteiger partial charge in [-0.05, 0) is 38.4 Å². The SMILES string of the molecule is CC(Cc1ccco1)NS(=O)(=O)C1CCCNC1. The molecule has 0 bridgehead atoms. The van der Waals surface area contributed by atoms with E-state index in [4.69, 9.17) is 4.42 Å². The molecule has 1 aromatic heterocycles. The van der Waals surface area contributed by atoms with E-state index in [1.165, 1.54) is 0 Å². The van der Waals surface area contributed by atoms with Crippen LogP contribution in [0.1, 0.15) is 25.5 Å². The fourth-order valence-corrected chi connectivity index (χ4v) is 3.88. The number of hydrogen-bond donors (Lipinski definition) is 2. The van der Waals surface area contributed by atoms with Gasteiger partial charge >= 0.3 is 0 Å². The minimum Gasteiger partial charge on any atom is -0.469 e. The van der Waals surface area contributed by atoms with Gasteiger partial charge in [-0.2, -0.15) is 0 Å². The van der Waals surface area contributed by atoms with Crippen molar-refractivity contribution in [1.29, 1.82) is 0 Å². The summed E-state index contributed by atoms with van der Waals surface area (Å²) >= 11 is 0. The summed E-state index contributed by atoms with van der Waals surface area (Å²) in [5.74, 6) is 0.798. The minimum atomic E-state index is -3.24. The van der Waals surface area contributed by atoms with Gasteiger partial charge < -0.3 is 9.73 Å². The quantitative estimate of drug-likeness (QED) is 0.835. The standard InChI is InChI=1S/C12H20N2O3S/c1-10(8-11-4-3-7-17-11)14-18(15,16)12-5-2-6-13-9-12/h3-4,7,10,12-14H,2,5-6,8-9H2,1H3. The molecule has 1 fully saturated rings. The van der Waals surface area contributed by atoms with Crippen molar-refractivity contribution in [2.45, 2.75) is 37.5 Å². The van der Waals surface area contributed by atoms with Crippen LogP contribution in [0, 0.1) is 0 Å². The summed E-state index contributed by atoms with van der Waals surface area (Å²) < 4.78 is 32.2. The molecule has 0 amide bonds. The second-order valence-electron chi connectivity index (χ2n) is 4.82. The van der Waals surface area contributed by atoms with Gasteiger partial charge in [0.2, 0.25) is 10.0 Å². The molecule has 0 saturated carbocycles. The van der Waals surface area contributed by atoms with E-state index >= 15 is 0 Å². The molecule has 0 aliphatic carbocycles. The molecule has 2 N–H and O–H groups in total. The summed E-state index contributed by atoms with van der Waals surface area (Å²) in [5.41, 5.74) is 0. The van der Waals surface area contributed by atoms with Crippen molar-refractivity contribution in [2.24, 2.45) is 0 Å². The molecule has 6 heteroatoms. The molecule has 2 unspecified atom stereocenters. The normalized spacial score (nSPS) is 22.8. The van der Waals surface area contributed by atoms with Crippen LogP contribution in [-0.4, -0.2) is 32.8 Å². The first-order valence-corrected chi connectivity index (χ1v) is 7.87.